The summed E-state index contributed by atoms with van der Waals surface area (Å²) in [6.07, 6.45) is 0.445. The molecule has 37 heavy (non-hydrogen) atoms. The molecule has 0 unspecified atom stereocenters. The Hall–Kier alpha value is -4.39. The molecule has 0 spiro atoms. The van der Waals surface area contributed by atoms with Gasteiger partial charge in [0.2, 0.25) is 0 Å². The molecule has 0 aromatic heterocycles. The van der Waals surface area contributed by atoms with Crippen molar-refractivity contribution in [3.63, 3.8) is 0 Å². The highest BCUT2D eigenvalue weighted by atomic mass is 16.6. The topological polar surface area (TPSA) is 88.1 Å². The maximum Gasteiger partial charge on any atom is 0.310 e. The highest BCUT2D eigenvalue weighted by Crippen LogP contribution is 2.50. The third-order valence-corrected chi connectivity index (χ3v) is 5.93. The van der Waals surface area contributed by atoms with E-state index in [0.29, 0.717) is 27.3 Å². The van der Waals surface area contributed by atoms with E-state index in [0.717, 1.165) is 11.1 Å². The maximum absolute atomic E-state index is 12.6. The van der Waals surface area contributed by atoms with Gasteiger partial charge in [-0.05, 0) is 46.2 Å². The number of benzene rings is 4. The van der Waals surface area contributed by atoms with E-state index in [2.05, 4.69) is 0 Å². The molecule has 0 bridgehead atoms. The predicted molar refractivity (Wildman–Crippen MR) is 141 cm³/mol. The van der Waals surface area contributed by atoms with Crippen molar-refractivity contribution in [1.82, 2.24) is 0 Å². The molecular weight excluding hydrogens is 472 g/mol. The van der Waals surface area contributed by atoms with Crippen LogP contribution < -0.4 is 18.9 Å². The summed E-state index contributed by atoms with van der Waals surface area (Å²) in [6.45, 7) is 5.09. The molecule has 0 heterocycles. The van der Waals surface area contributed by atoms with Gasteiger partial charge in [0, 0.05) is 19.3 Å². The molecular formula is C30H28O7. The standard InChI is InChI=1S/C30H28O7/c1-5-24(31)35-22-15-9-13-20-27(18-11-8-12-19(17-18)34-4)21-14-10-16-23(36-25(32)6-2)29(21)30(28(20)22)37-26(33)7-3/h8-17H,5-7H2,1-4H3. The Bertz CT molecular complexity index is 1420. The molecule has 0 fully saturated rings. The quantitative estimate of drug-likeness (QED) is 0.153. The summed E-state index contributed by atoms with van der Waals surface area (Å²) in [6, 6.07) is 18.2. The smallest absolute Gasteiger partial charge is 0.310 e. The number of ether oxygens (including phenoxy) is 4. The molecule has 0 aliphatic heterocycles. The van der Waals surface area contributed by atoms with Crippen LogP contribution in [0.5, 0.6) is 23.0 Å². The van der Waals surface area contributed by atoms with Crippen LogP contribution in [0.25, 0.3) is 32.7 Å². The average molecular weight is 501 g/mol. The largest absolute Gasteiger partial charge is 0.497 e. The monoisotopic (exact) mass is 500 g/mol. The summed E-state index contributed by atoms with van der Waals surface area (Å²) in [7, 11) is 1.59. The fourth-order valence-corrected chi connectivity index (χ4v) is 4.15. The van der Waals surface area contributed by atoms with Crippen molar-refractivity contribution < 1.29 is 33.3 Å². The van der Waals surface area contributed by atoms with Gasteiger partial charge in [0.1, 0.15) is 17.2 Å². The van der Waals surface area contributed by atoms with E-state index in [4.69, 9.17) is 18.9 Å². The van der Waals surface area contributed by atoms with Crippen molar-refractivity contribution in [2.24, 2.45) is 0 Å². The number of hydrogen-bond donors (Lipinski definition) is 0. The van der Waals surface area contributed by atoms with E-state index in [9.17, 15) is 14.4 Å². The molecule has 0 saturated carbocycles. The second kappa shape index (κ2) is 11.1. The van der Waals surface area contributed by atoms with Crippen LogP contribution in [0.3, 0.4) is 0 Å². The van der Waals surface area contributed by atoms with Gasteiger partial charge in [-0.25, -0.2) is 0 Å². The van der Waals surface area contributed by atoms with Crippen molar-refractivity contribution in [1.29, 1.82) is 0 Å². The molecule has 7 nitrogen and oxygen atoms in total. The van der Waals surface area contributed by atoms with Crippen molar-refractivity contribution in [2.75, 3.05) is 7.11 Å². The van der Waals surface area contributed by atoms with Gasteiger partial charge in [-0.2, -0.15) is 0 Å². The molecule has 7 heteroatoms. The van der Waals surface area contributed by atoms with E-state index in [1.807, 2.05) is 36.4 Å². The SMILES string of the molecule is CCC(=O)Oc1cccc2c(-c3cccc(OC)c3)c3cccc(OC(=O)CC)c3c(OC(=O)CC)c12. The summed E-state index contributed by atoms with van der Waals surface area (Å²) in [5, 5.41) is 2.24. The van der Waals surface area contributed by atoms with Crippen molar-refractivity contribution in [2.45, 2.75) is 40.0 Å². The molecule has 0 radical (unpaired) electrons. The van der Waals surface area contributed by atoms with Gasteiger partial charge < -0.3 is 18.9 Å². The Balaban J connectivity index is 2.23. The van der Waals surface area contributed by atoms with E-state index in [1.165, 1.54) is 0 Å². The van der Waals surface area contributed by atoms with Crippen LogP contribution in [0.15, 0.2) is 60.7 Å². The van der Waals surface area contributed by atoms with Crippen LogP contribution in [-0.2, 0) is 14.4 Å². The number of esters is 3. The summed E-state index contributed by atoms with van der Waals surface area (Å²) < 4.78 is 22.8. The highest BCUT2D eigenvalue weighted by Gasteiger charge is 2.25. The Morgan fingerprint density at radius 1 is 0.649 bits per heavy atom. The molecule has 4 aromatic rings. The van der Waals surface area contributed by atoms with Gasteiger partial charge in [0.05, 0.1) is 17.9 Å². The number of fused-ring (bicyclic) bond motifs is 2. The molecule has 0 amide bonds. The summed E-state index contributed by atoms with van der Waals surface area (Å²) >= 11 is 0. The molecule has 0 saturated heterocycles. The number of methoxy groups -OCH3 is 1. The van der Waals surface area contributed by atoms with Gasteiger partial charge in [-0.3, -0.25) is 14.4 Å². The third kappa shape index (κ3) is 5.11. The molecule has 4 rings (SSSR count). The van der Waals surface area contributed by atoms with E-state index in [1.54, 1.807) is 52.1 Å². The summed E-state index contributed by atoms with van der Waals surface area (Å²) in [5.74, 6) is -0.0466. The first-order chi connectivity index (χ1) is 17.9. The van der Waals surface area contributed by atoms with Gasteiger partial charge in [0.25, 0.3) is 0 Å². The molecule has 0 atom stereocenters. The summed E-state index contributed by atoms with van der Waals surface area (Å²) in [5.41, 5.74) is 1.60. The van der Waals surface area contributed by atoms with Crippen LogP contribution in [0, 0.1) is 0 Å². The molecule has 190 valence electrons. The zero-order chi connectivity index (χ0) is 26.5. The van der Waals surface area contributed by atoms with Gasteiger partial charge in [0.15, 0.2) is 5.75 Å². The first-order valence-corrected chi connectivity index (χ1v) is 12.2. The number of carbonyl (C=O) groups is 3. The number of hydrogen-bond acceptors (Lipinski definition) is 7. The zero-order valence-corrected chi connectivity index (χ0v) is 21.3. The highest BCUT2D eigenvalue weighted by molar-refractivity contribution is 6.21. The molecule has 0 aliphatic rings. The van der Waals surface area contributed by atoms with Crippen molar-refractivity contribution >= 4 is 39.5 Å². The first kappa shape index (κ1) is 25.7. The van der Waals surface area contributed by atoms with E-state index < -0.39 is 17.9 Å². The van der Waals surface area contributed by atoms with Gasteiger partial charge in [-0.1, -0.05) is 57.2 Å². The molecule has 0 aliphatic carbocycles. The van der Waals surface area contributed by atoms with Crippen molar-refractivity contribution in [3.8, 4) is 34.1 Å². The Kier molecular flexibility index (Phi) is 7.72. The predicted octanol–water partition coefficient (Wildman–Crippen LogP) is 6.61. The fourth-order valence-electron chi connectivity index (χ4n) is 4.15. The zero-order valence-electron chi connectivity index (χ0n) is 21.3. The fraction of sp³-hybridized carbons (Fsp3) is 0.233. The average Bonchev–Trinajstić information content (AvgIpc) is 2.92. The normalized spacial score (nSPS) is 10.8. The first-order valence-electron chi connectivity index (χ1n) is 12.2. The minimum absolute atomic E-state index is 0.119. The summed E-state index contributed by atoms with van der Waals surface area (Å²) in [4.78, 5) is 37.3. The lowest BCUT2D eigenvalue weighted by Gasteiger charge is -2.20. The van der Waals surface area contributed by atoms with E-state index in [-0.39, 0.29) is 36.5 Å². The van der Waals surface area contributed by atoms with Gasteiger partial charge in [-0.15, -0.1) is 0 Å². The van der Waals surface area contributed by atoms with E-state index >= 15 is 0 Å². The minimum Gasteiger partial charge on any atom is -0.497 e. The number of rotatable bonds is 8. The Labute approximate surface area is 214 Å². The lowest BCUT2D eigenvalue weighted by atomic mass is 9.90. The Morgan fingerprint density at radius 3 is 1.62 bits per heavy atom. The van der Waals surface area contributed by atoms with Crippen LogP contribution >= 0.6 is 0 Å². The van der Waals surface area contributed by atoms with Gasteiger partial charge >= 0.3 is 17.9 Å². The van der Waals surface area contributed by atoms with Crippen LogP contribution in [0.2, 0.25) is 0 Å². The molecule has 4 aromatic carbocycles. The molecule has 0 N–H and O–H groups in total. The number of carbonyl (C=O) groups excluding carboxylic acids is 3. The van der Waals surface area contributed by atoms with Crippen LogP contribution in [-0.4, -0.2) is 25.0 Å². The second-order valence-corrected chi connectivity index (χ2v) is 8.28. The minimum atomic E-state index is -0.482. The lowest BCUT2D eigenvalue weighted by molar-refractivity contribution is -0.134. The maximum atomic E-state index is 12.6. The van der Waals surface area contributed by atoms with Crippen LogP contribution in [0.1, 0.15) is 40.0 Å². The lowest BCUT2D eigenvalue weighted by Crippen LogP contribution is -2.11. The second-order valence-electron chi connectivity index (χ2n) is 8.28. The van der Waals surface area contributed by atoms with Crippen LogP contribution in [0.4, 0.5) is 0 Å². The third-order valence-electron chi connectivity index (χ3n) is 5.93. The Morgan fingerprint density at radius 2 is 1.14 bits per heavy atom. The van der Waals surface area contributed by atoms with Crippen molar-refractivity contribution in [3.05, 3.63) is 60.7 Å².